The highest BCUT2D eigenvalue weighted by atomic mass is 16.6. The summed E-state index contributed by atoms with van der Waals surface area (Å²) in [5.74, 6) is 1.60. The van der Waals surface area contributed by atoms with Crippen molar-refractivity contribution in [1.29, 1.82) is 0 Å². The van der Waals surface area contributed by atoms with E-state index in [1.165, 1.54) is 0 Å². The van der Waals surface area contributed by atoms with Crippen LogP contribution < -0.4 is 4.90 Å². The molecule has 6 heteroatoms. The Morgan fingerprint density at radius 1 is 1.23 bits per heavy atom. The summed E-state index contributed by atoms with van der Waals surface area (Å²) in [6.07, 6.45) is 3.47. The third-order valence-electron chi connectivity index (χ3n) is 4.87. The van der Waals surface area contributed by atoms with Gasteiger partial charge in [-0.15, -0.1) is 0 Å². The van der Waals surface area contributed by atoms with E-state index in [2.05, 4.69) is 22.5 Å². The van der Waals surface area contributed by atoms with E-state index in [4.69, 9.17) is 9.47 Å². The largest absolute Gasteiger partial charge is 0.494 e. The average Bonchev–Trinajstić information content (AvgIpc) is 3.12. The number of rotatable bonds is 4. The van der Waals surface area contributed by atoms with Crippen LogP contribution in [-0.4, -0.2) is 54.4 Å². The lowest BCUT2D eigenvalue weighted by Gasteiger charge is -2.26. The highest BCUT2D eigenvalue weighted by Gasteiger charge is 2.42. The fraction of sp³-hybridized carbons (Fsp3) is 0.600. The van der Waals surface area contributed by atoms with E-state index < -0.39 is 5.60 Å². The van der Waals surface area contributed by atoms with Crippen molar-refractivity contribution in [3.63, 3.8) is 0 Å². The third-order valence-corrected chi connectivity index (χ3v) is 4.87. The molecule has 0 aliphatic carbocycles. The molecule has 2 saturated heterocycles. The van der Waals surface area contributed by atoms with Gasteiger partial charge in [-0.2, -0.15) is 0 Å². The summed E-state index contributed by atoms with van der Waals surface area (Å²) in [6.45, 7) is 15.6. The van der Waals surface area contributed by atoms with Crippen molar-refractivity contribution in [1.82, 2.24) is 9.88 Å². The van der Waals surface area contributed by atoms with Crippen LogP contribution in [-0.2, 0) is 9.47 Å². The molecule has 0 bridgehead atoms. The molecule has 0 saturated carbocycles. The number of amides is 1. The normalized spacial score (nSPS) is 22.3. The molecular formula is C20H29N3O3. The number of hydrogen-bond acceptors (Lipinski definition) is 5. The maximum Gasteiger partial charge on any atom is 0.410 e. The standard InChI is InChI=1S/C20H29N3O3/c1-6-25-14(2)15-7-18(9-21-8-15)22-10-16-12-23(13-17(16)11-22)19(24)26-20(3,4)5/h7-9,16-17H,2,6,10-13H2,1,3-5H3/t16-,17+. The molecule has 0 radical (unpaired) electrons. The fourth-order valence-corrected chi connectivity index (χ4v) is 3.69. The number of aromatic nitrogens is 1. The van der Waals surface area contributed by atoms with Gasteiger partial charge in [0.25, 0.3) is 0 Å². The Hall–Kier alpha value is -2.24. The van der Waals surface area contributed by atoms with Crippen molar-refractivity contribution in [2.45, 2.75) is 33.3 Å². The number of carbonyl (C=O) groups excluding carboxylic acids is 1. The number of likely N-dealkylation sites (tertiary alicyclic amines) is 1. The van der Waals surface area contributed by atoms with Gasteiger partial charge in [-0.1, -0.05) is 6.58 Å². The fourth-order valence-electron chi connectivity index (χ4n) is 3.69. The smallest absolute Gasteiger partial charge is 0.410 e. The molecule has 26 heavy (non-hydrogen) atoms. The summed E-state index contributed by atoms with van der Waals surface area (Å²) in [5.41, 5.74) is 1.55. The molecule has 2 fully saturated rings. The van der Waals surface area contributed by atoms with Crippen LogP contribution in [0.25, 0.3) is 5.76 Å². The van der Waals surface area contributed by atoms with Crippen LogP contribution >= 0.6 is 0 Å². The van der Waals surface area contributed by atoms with Gasteiger partial charge in [0.1, 0.15) is 11.4 Å². The number of anilines is 1. The first-order valence-electron chi connectivity index (χ1n) is 9.27. The highest BCUT2D eigenvalue weighted by molar-refractivity contribution is 5.69. The number of nitrogens with zero attached hydrogens (tertiary/aromatic N) is 3. The summed E-state index contributed by atoms with van der Waals surface area (Å²) in [7, 11) is 0. The Morgan fingerprint density at radius 2 is 1.88 bits per heavy atom. The van der Waals surface area contributed by atoms with Gasteiger partial charge in [0.15, 0.2) is 0 Å². The van der Waals surface area contributed by atoms with Crippen LogP contribution in [0.4, 0.5) is 10.5 Å². The van der Waals surface area contributed by atoms with Gasteiger partial charge in [0.2, 0.25) is 0 Å². The van der Waals surface area contributed by atoms with Gasteiger partial charge in [-0.3, -0.25) is 4.98 Å². The summed E-state index contributed by atoms with van der Waals surface area (Å²) in [6, 6.07) is 2.08. The van der Waals surface area contributed by atoms with Crippen molar-refractivity contribution in [2.75, 3.05) is 37.7 Å². The third kappa shape index (κ3) is 4.11. The quantitative estimate of drug-likeness (QED) is 0.771. The molecule has 3 rings (SSSR count). The Kier molecular flexibility index (Phi) is 5.12. The number of ether oxygens (including phenoxy) is 2. The van der Waals surface area contributed by atoms with E-state index >= 15 is 0 Å². The van der Waals surface area contributed by atoms with E-state index in [0.717, 1.165) is 37.4 Å². The maximum atomic E-state index is 12.3. The van der Waals surface area contributed by atoms with Crippen LogP contribution in [0.15, 0.2) is 25.0 Å². The first kappa shape index (κ1) is 18.5. The van der Waals surface area contributed by atoms with E-state index in [1.807, 2.05) is 38.8 Å². The Morgan fingerprint density at radius 3 is 2.46 bits per heavy atom. The molecule has 142 valence electrons. The molecule has 1 aromatic rings. The molecule has 0 spiro atoms. The highest BCUT2D eigenvalue weighted by Crippen LogP contribution is 2.35. The Labute approximate surface area is 155 Å². The second-order valence-electron chi connectivity index (χ2n) is 8.10. The van der Waals surface area contributed by atoms with Crippen molar-refractivity contribution < 1.29 is 14.3 Å². The lowest BCUT2D eigenvalue weighted by Crippen LogP contribution is -2.37. The molecule has 0 aromatic carbocycles. The topological polar surface area (TPSA) is 54.9 Å². The number of pyridine rings is 1. The molecule has 2 aliphatic heterocycles. The van der Waals surface area contributed by atoms with Crippen LogP contribution in [0.2, 0.25) is 0 Å². The van der Waals surface area contributed by atoms with Crippen molar-refractivity contribution in [3.8, 4) is 0 Å². The number of fused-ring (bicyclic) bond motifs is 1. The zero-order valence-electron chi connectivity index (χ0n) is 16.2. The predicted octanol–water partition coefficient (Wildman–Crippen LogP) is 3.39. The van der Waals surface area contributed by atoms with Crippen molar-refractivity contribution in [3.05, 3.63) is 30.6 Å². The van der Waals surface area contributed by atoms with Gasteiger partial charge in [-0.05, 0) is 33.8 Å². The van der Waals surface area contributed by atoms with Crippen LogP contribution in [0, 0.1) is 11.8 Å². The molecule has 0 N–H and O–H groups in total. The van der Waals surface area contributed by atoms with E-state index in [9.17, 15) is 4.79 Å². The van der Waals surface area contributed by atoms with Crippen molar-refractivity contribution >= 4 is 17.5 Å². The van der Waals surface area contributed by atoms with Gasteiger partial charge in [-0.25, -0.2) is 4.79 Å². The molecular weight excluding hydrogens is 330 g/mol. The molecule has 2 atom stereocenters. The minimum absolute atomic E-state index is 0.199. The predicted molar refractivity (Wildman–Crippen MR) is 102 cm³/mol. The van der Waals surface area contributed by atoms with Gasteiger partial charge >= 0.3 is 6.09 Å². The van der Waals surface area contributed by atoms with E-state index in [-0.39, 0.29) is 6.09 Å². The Balaban J connectivity index is 1.61. The van der Waals surface area contributed by atoms with E-state index in [0.29, 0.717) is 24.2 Å². The molecule has 1 aromatic heterocycles. The minimum atomic E-state index is -0.449. The van der Waals surface area contributed by atoms with Crippen LogP contribution in [0.1, 0.15) is 33.3 Å². The monoisotopic (exact) mass is 359 g/mol. The molecule has 1 amide bonds. The Bertz CT molecular complexity index is 669. The number of hydrogen-bond donors (Lipinski definition) is 0. The first-order valence-corrected chi connectivity index (χ1v) is 9.27. The van der Waals surface area contributed by atoms with Gasteiger partial charge in [0, 0.05) is 49.8 Å². The zero-order chi connectivity index (χ0) is 18.9. The molecule has 3 heterocycles. The second-order valence-corrected chi connectivity index (χ2v) is 8.10. The van der Waals surface area contributed by atoms with E-state index in [1.54, 1.807) is 6.20 Å². The zero-order valence-corrected chi connectivity index (χ0v) is 16.2. The summed E-state index contributed by atoms with van der Waals surface area (Å²) in [4.78, 5) is 20.8. The second kappa shape index (κ2) is 7.17. The number of carbonyl (C=O) groups is 1. The lowest BCUT2D eigenvalue weighted by molar-refractivity contribution is 0.0282. The average molecular weight is 359 g/mol. The lowest BCUT2D eigenvalue weighted by atomic mass is 10.0. The molecule has 6 nitrogen and oxygen atoms in total. The first-order chi connectivity index (χ1) is 12.3. The van der Waals surface area contributed by atoms with Gasteiger partial charge < -0.3 is 19.3 Å². The summed E-state index contributed by atoms with van der Waals surface area (Å²) < 4.78 is 11.0. The SMILES string of the molecule is C=C(OCC)c1cncc(N2C[C@H]3CN(C(=O)OC(C)(C)C)C[C@H]3C2)c1. The summed E-state index contributed by atoms with van der Waals surface area (Å²) >= 11 is 0. The summed E-state index contributed by atoms with van der Waals surface area (Å²) in [5, 5.41) is 0. The van der Waals surface area contributed by atoms with Gasteiger partial charge in [0.05, 0.1) is 18.5 Å². The van der Waals surface area contributed by atoms with Crippen LogP contribution in [0.5, 0.6) is 0 Å². The van der Waals surface area contributed by atoms with Crippen molar-refractivity contribution in [2.24, 2.45) is 11.8 Å². The molecule has 0 unspecified atom stereocenters. The maximum absolute atomic E-state index is 12.3. The minimum Gasteiger partial charge on any atom is -0.494 e. The van der Waals surface area contributed by atoms with Crippen LogP contribution in [0.3, 0.4) is 0 Å². The molecule has 2 aliphatic rings.